The van der Waals surface area contributed by atoms with E-state index in [4.69, 9.17) is 5.73 Å². The first-order chi connectivity index (χ1) is 7.60. The highest BCUT2D eigenvalue weighted by Gasteiger charge is 2.26. The standard InChI is InChI=1S/C12H25N3O/c1-4-11(9-13)12(16)15-7-5-14(6-8-15)10(2)3/h10-11H,4-9,13H2,1-3H3. The van der Waals surface area contributed by atoms with Crippen molar-refractivity contribution in [2.24, 2.45) is 11.7 Å². The molecule has 1 atom stereocenters. The largest absolute Gasteiger partial charge is 0.340 e. The summed E-state index contributed by atoms with van der Waals surface area (Å²) in [7, 11) is 0. The Bertz CT molecular complexity index is 218. The first kappa shape index (κ1) is 13.5. The molecule has 1 aliphatic heterocycles. The van der Waals surface area contributed by atoms with Crippen LogP contribution in [0.3, 0.4) is 0 Å². The minimum atomic E-state index is 0.0191. The number of nitrogens with two attached hydrogens (primary N) is 1. The maximum atomic E-state index is 12.1. The molecule has 0 spiro atoms. The van der Waals surface area contributed by atoms with Crippen molar-refractivity contribution in [1.29, 1.82) is 0 Å². The summed E-state index contributed by atoms with van der Waals surface area (Å²) in [6.07, 6.45) is 0.847. The second kappa shape index (κ2) is 6.21. The van der Waals surface area contributed by atoms with E-state index in [9.17, 15) is 4.79 Å². The van der Waals surface area contributed by atoms with Crippen LogP contribution in [0.25, 0.3) is 0 Å². The molecule has 0 aliphatic carbocycles. The molecule has 1 aliphatic rings. The van der Waals surface area contributed by atoms with Crippen molar-refractivity contribution in [1.82, 2.24) is 9.80 Å². The molecule has 16 heavy (non-hydrogen) atoms. The highest BCUT2D eigenvalue weighted by atomic mass is 16.2. The monoisotopic (exact) mass is 227 g/mol. The number of amides is 1. The van der Waals surface area contributed by atoms with Gasteiger partial charge < -0.3 is 10.6 Å². The number of carbonyl (C=O) groups is 1. The van der Waals surface area contributed by atoms with E-state index < -0.39 is 0 Å². The van der Waals surface area contributed by atoms with Gasteiger partial charge in [-0.2, -0.15) is 0 Å². The second-order valence-electron chi connectivity index (χ2n) is 4.80. The van der Waals surface area contributed by atoms with Crippen LogP contribution in [0.5, 0.6) is 0 Å². The van der Waals surface area contributed by atoms with Gasteiger partial charge in [0, 0.05) is 38.8 Å². The quantitative estimate of drug-likeness (QED) is 0.762. The summed E-state index contributed by atoms with van der Waals surface area (Å²) < 4.78 is 0. The summed E-state index contributed by atoms with van der Waals surface area (Å²) in [4.78, 5) is 16.4. The molecule has 1 heterocycles. The molecule has 4 heteroatoms. The summed E-state index contributed by atoms with van der Waals surface area (Å²) in [6.45, 7) is 10.6. The molecule has 0 saturated carbocycles. The van der Waals surface area contributed by atoms with Crippen LogP contribution >= 0.6 is 0 Å². The predicted molar refractivity (Wildman–Crippen MR) is 66.1 cm³/mol. The zero-order chi connectivity index (χ0) is 12.1. The first-order valence-electron chi connectivity index (χ1n) is 6.33. The fourth-order valence-electron chi connectivity index (χ4n) is 2.16. The minimum absolute atomic E-state index is 0.0191. The SMILES string of the molecule is CCC(CN)C(=O)N1CCN(C(C)C)CC1. The Morgan fingerprint density at radius 2 is 1.81 bits per heavy atom. The molecule has 1 saturated heterocycles. The molecule has 0 aromatic carbocycles. The van der Waals surface area contributed by atoms with Gasteiger partial charge in [-0.1, -0.05) is 6.92 Å². The van der Waals surface area contributed by atoms with E-state index >= 15 is 0 Å². The molecule has 0 bridgehead atoms. The third-order valence-electron chi connectivity index (χ3n) is 3.48. The van der Waals surface area contributed by atoms with Crippen molar-refractivity contribution in [3.8, 4) is 0 Å². The highest BCUT2D eigenvalue weighted by Crippen LogP contribution is 2.11. The highest BCUT2D eigenvalue weighted by molar-refractivity contribution is 5.79. The van der Waals surface area contributed by atoms with Gasteiger partial charge in [0.15, 0.2) is 0 Å². The van der Waals surface area contributed by atoms with E-state index in [0.29, 0.717) is 12.6 Å². The van der Waals surface area contributed by atoms with Crippen molar-refractivity contribution < 1.29 is 4.79 Å². The van der Waals surface area contributed by atoms with Crippen LogP contribution in [0.1, 0.15) is 27.2 Å². The topological polar surface area (TPSA) is 49.6 Å². The fourth-order valence-corrected chi connectivity index (χ4v) is 2.16. The van der Waals surface area contributed by atoms with E-state index in [2.05, 4.69) is 18.7 Å². The number of nitrogens with zero attached hydrogens (tertiary/aromatic N) is 2. The molecule has 1 amide bonds. The van der Waals surface area contributed by atoms with Gasteiger partial charge in [-0.05, 0) is 20.3 Å². The third-order valence-corrected chi connectivity index (χ3v) is 3.48. The van der Waals surface area contributed by atoms with Gasteiger partial charge in [-0.15, -0.1) is 0 Å². The van der Waals surface area contributed by atoms with Crippen LogP contribution in [0, 0.1) is 5.92 Å². The Hall–Kier alpha value is -0.610. The number of hydrogen-bond acceptors (Lipinski definition) is 3. The molecule has 1 rings (SSSR count). The average molecular weight is 227 g/mol. The van der Waals surface area contributed by atoms with Crippen molar-refractivity contribution in [3.63, 3.8) is 0 Å². The van der Waals surface area contributed by atoms with Gasteiger partial charge in [-0.25, -0.2) is 0 Å². The van der Waals surface area contributed by atoms with Gasteiger partial charge >= 0.3 is 0 Å². The van der Waals surface area contributed by atoms with Crippen LogP contribution in [0.15, 0.2) is 0 Å². The van der Waals surface area contributed by atoms with Crippen molar-refractivity contribution >= 4 is 5.91 Å². The van der Waals surface area contributed by atoms with Crippen LogP contribution in [0.4, 0.5) is 0 Å². The Kier molecular flexibility index (Phi) is 5.22. The van der Waals surface area contributed by atoms with Crippen LogP contribution in [-0.2, 0) is 4.79 Å². The number of carbonyl (C=O) groups excluding carboxylic acids is 1. The Morgan fingerprint density at radius 1 is 1.25 bits per heavy atom. The van der Waals surface area contributed by atoms with Gasteiger partial charge in [0.2, 0.25) is 5.91 Å². The molecular formula is C12H25N3O. The number of hydrogen-bond donors (Lipinski definition) is 1. The molecule has 1 unspecified atom stereocenters. The zero-order valence-electron chi connectivity index (χ0n) is 10.8. The van der Waals surface area contributed by atoms with E-state index in [-0.39, 0.29) is 11.8 Å². The van der Waals surface area contributed by atoms with Crippen molar-refractivity contribution in [2.45, 2.75) is 33.2 Å². The van der Waals surface area contributed by atoms with Gasteiger partial charge in [0.05, 0.1) is 5.92 Å². The lowest BCUT2D eigenvalue weighted by atomic mass is 10.0. The van der Waals surface area contributed by atoms with Gasteiger partial charge in [0.1, 0.15) is 0 Å². The Morgan fingerprint density at radius 3 is 2.19 bits per heavy atom. The maximum absolute atomic E-state index is 12.1. The number of piperazine rings is 1. The van der Waals surface area contributed by atoms with E-state index in [0.717, 1.165) is 32.6 Å². The van der Waals surface area contributed by atoms with Crippen molar-refractivity contribution in [2.75, 3.05) is 32.7 Å². The summed E-state index contributed by atoms with van der Waals surface area (Å²) in [5.74, 6) is 0.263. The van der Waals surface area contributed by atoms with Crippen molar-refractivity contribution in [3.05, 3.63) is 0 Å². The molecule has 1 fully saturated rings. The lowest BCUT2D eigenvalue weighted by Crippen LogP contribution is -2.52. The van der Waals surface area contributed by atoms with Crippen LogP contribution in [0.2, 0.25) is 0 Å². The Labute approximate surface area is 98.8 Å². The van der Waals surface area contributed by atoms with E-state index in [1.54, 1.807) is 0 Å². The summed E-state index contributed by atoms with van der Waals surface area (Å²) in [6, 6.07) is 0.578. The average Bonchev–Trinajstić information content (AvgIpc) is 2.30. The first-order valence-corrected chi connectivity index (χ1v) is 6.33. The summed E-state index contributed by atoms with van der Waals surface area (Å²) in [5.41, 5.74) is 5.61. The molecule has 0 aromatic heterocycles. The van der Waals surface area contributed by atoms with Crippen LogP contribution < -0.4 is 5.73 Å². The molecule has 94 valence electrons. The summed E-state index contributed by atoms with van der Waals surface area (Å²) in [5, 5.41) is 0. The zero-order valence-corrected chi connectivity index (χ0v) is 10.8. The maximum Gasteiger partial charge on any atom is 0.227 e. The predicted octanol–water partition coefficient (Wildman–Crippen LogP) is 0.524. The normalized spacial score (nSPS) is 20.2. The lowest BCUT2D eigenvalue weighted by molar-refractivity contribution is -0.137. The van der Waals surface area contributed by atoms with Gasteiger partial charge in [-0.3, -0.25) is 9.69 Å². The smallest absolute Gasteiger partial charge is 0.227 e. The molecule has 0 aromatic rings. The lowest BCUT2D eigenvalue weighted by Gasteiger charge is -2.38. The minimum Gasteiger partial charge on any atom is -0.340 e. The molecular weight excluding hydrogens is 202 g/mol. The van der Waals surface area contributed by atoms with Crippen LogP contribution in [-0.4, -0.2) is 54.5 Å². The second-order valence-corrected chi connectivity index (χ2v) is 4.80. The van der Waals surface area contributed by atoms with E-state index in [1.165, 1.54) is 0 Å². The van der Waals surface area contributed by atoms with Gasteiger partial charge in [0.25, 0.3) is 0 Å². The molecule has 4 nitrogen and oxygen atoms in total. The molecule has 0 radical (unpaired) electrons. The van der Waals surface area contributed by atoms with E-state index in [1.807, 2.05) is 11.8 Å². The molecule has 2 N–H and O–H groups in total. The third kappa shape index (κ3) is 3.19. The number of rotatable bonds is 4. The fraction of sp³-hybridized carbons (Fsp3) is 0.917. The summed E-state index contributed by atoms with van der Waals surface area (Å²) >= 11 is 0. The Balaban J connectivity index is 2.44.